The second-order valence-corrected chi connectivity index (χ2v) is 11.2. The quantitative estimate of drug-likeness (QED) is 0.211. The highest BCUT2D eigenvalue weighted by Crippen LogP contribution is 2.32. The van der Waals surface area contributed by atoms with Gasteiger partial charge in [-0.25, -0.2) is 29.8 Å². The van der Waals surface area contributed by atoms with E-state index in [-0.39, 0.29) is 35.6 Å². The Morgan fingerprint density at radius 1 is 1.34 bits per heavy atom. The van der Waals surface area contributed by atoms with Crippen LogP contribution in [0.2, 0.25) is 0 Å². The molecule has 0 bridgehead atoms. The molecule has 15 heteroatoms. The Morgan fingerprint density at radius 3 is 2.63 bits per heavy atom. The van der Waals surface area contributed by atoms with Crippen molar-refractivity contribution >= 4 is 56.7 Å². The van der Waals surface area contributed by atoms with Crippen LogP contribution in [0.3, 0.4) is 0 Å². The van der Waals surface area contributed by atoms with Crippen molar-refractivity contribution < 1.29 is 28.6 Å². The lowest BCUT2D eigenvalue weighted by Crippen LogP contribution is -2.41. The summed E-state index contributed by atoms with van der Waals surface area (Å²) in [5.74, 6) is 5.17. The minimum absolute atomic E-state index is 0.00433. The number of aromatic nitrogens is 3. The van der Waals surface area contributed by atoms with Crippen molar-refractivity contribution in [3.8, 4) is 0 Å². The number of hydrazine groups is 1. The van der Waals surface area contributed by atoms with Crippen LogP contribution in [-0.2, 0) is 11.8 Å². The van der Waals surface area contributed by atoms with Gasteiger partial charge in [0, 0.05) is 20.1 Å². The molecule has 0 saturated carbocycles. The van der Waals surface area contributed by atoms with Crippen LogP contribution in [0, 0.1) is 0 Å². The Hall–Kier alpha value is -2.78. The number of hydrogen-bond donors (Lipinski definition) is 3. The van der Waals surface area contributed by atoms with Gasteiger partial charge < -0.3 is 20.1 Å². The number of nitrogens with one attached hydrogen (secondary N) is 1. The summed E-state index contributed by atoms with van der Waals surface area (Å²) in [5, 5.41) is 16.2. The zero-order valence-electron chi connectivity index (χ0n) is 19.6. The van der Waals surface area contributed by atoms with Crippen molar-refractivity contribution in [2.24, 2.45) is 12.9 Å². The number of carbonyl (C=O) groups excluding carboxylic acids is 2. The zero-order valence-corrected chi connectivity index (χ0v) is 22.0. The fourth-order valence-electron chi connectivity index (χ4n) is 3.68. The van der Waals surface area contributed by atoms with E-state index in [1.165, 1.54) is 10.9 Å². The number of hydrogen-bond acceptors (Lipinski definition) is 9. The minimum Gasteiger partial charge on any atom is -0.465 e. The number of anilines is 2. The zero-order chi connectivity index (χ0) is 26.1. The molecule has 0 aromatic carbocycles. The summed E-state index contributed by atoms with van der Waals surface area (Å²) in [7, 11) is 1.65. The van der Waals surface area contributed by atoms with Gasteiger partial charge in [0.1, 0.15) is 22.3 Å². The Balaban J connectivity index is 1.88. The SMILES string of the molecule is Cn1ncc(N(N)C(=O)c2nc(Br)sc2C(=O)OC(C)(C)C)c1N1CCC(F)C(NC(=O)O)CC1. The second kappa shape index (κ2) is 10.5. The molecule has 12 nitrogen and oxygen atoms in total. The van der Waals surface area contributed by atoms with Gasteiger partial charge in [0.15, 0.2) is 15.4 Å². The van der Waals surface area contributed by atoms with Crippen molar-refractivity contribution in [3.05, 3.63) is 20.7 Å². The first-order valence-electron chi connectivity index (χ1n) is 10.7. The average Bonchev–Trinajstić information content (AvgIpc) is 3.27. The van der Waals surface area contributed by atoms with E-state index in [9.17, 15) is 18.8 Å². The highest BCUT2D eigenvalue weighted by molar-refractivity contribution is 9.11. The first kappa shape index (κ1) is 26.8. The largest absolute Gasteiger partial charge is 0.465 e. The summed E-state index contributed by atoms with van der Waals surface area (Å²) in [6, 6.07) is -0.853. The van der Waals surface area contributed by atoms with Crippen LogP contribution in [0.4, 0.5) is 20.7 Å². The molecule has 3 heterocycles. The maximum Gasteiger partial charge on any atom is 0.404 e. The summed E-state index contributed by atoms with van der Waals surface area (Å²) < 4.78 is 21.7. The Kier molecular flexibility index (Phi) is 8.01. The molecule has 192 valence electrons. The number of carbonyl (C=O) groups is 3. The molecule has 1 fully saturated rings. The number of amides is 2. The first-order valence-corrected chi connectivity index (χ1v) is 12.3. The normalized spacial score (nSPS) is 18.7. The van der Waals surface area contributed by atoms with E-state index in [1.54, 1.807) is 32.7 Å². The number of rotatable bonds is 5. The molecule has 2 amide bonds. The van der Waals surface area contributed by atoms with Gasteiger partial charge in [-0.3, -0.25) is 9.48 Å². The fraction of sp³-hybridized carbons (Fsp3) is 0.550. The number of nitrogens with two attached hydrogens (primary N) is 1. The van der Waals surface area contributed by atoms with E-state index < -0.39 is 35.8 Å². The predicted molar refractivity (Wildman–Crippen MR) is 130 cm³/mol. The smallest absolute Gasteiger partial charge is 0.404 e. The van der Waals surface area contributed by atoms with Gasteiger partial charge in [-0.15, -0.1) is 0 Å². The van der Waals surface area contributed by atoms with E-state index in [0.717, 1.165) is 16.3 Å². The van der Waals surface area contributed by atoms with Gasteiger partial charge in [0.05, 0.1) is 12.2 Å². The Bertz CT molecular complexity index is 1120. The van der Waals surface area contributed by atoms with Crippen molar-refractivity contribution in [2.45, 2.75) is 51.4 Å². The molecule has 0 aliphatic carbocycles. The lowest BCUT2D eigenvalue weighted by Gasteiger charge is -2.26. The van der Waals surface area contributed by atoms with E-state index in [4.69, 9.17) is 15.7 Å². The third-order valence-electron chi connectivity index (χ3n) is 5.18. The van der Waals surface area contributed by atoms with Crippen LogP contribution in [-0.4, -0.2) is 68.7 Å². The van der Waals surface area contributed by atoms with Crippen LogP contribution >= 0.6 is 27.3 Å². The molecule has 0 spiro atoms. The van der Waals surface area contributed by atoms with E-state index in [1.807, 2.05) is 0 Å². The summed E-state index contributed by atoms with van der Waals surface area (Å²) in [6.45, 7) is 5.67. The van der Waals surface area contributed by atoms with Gasteiger partial charge in [0.25, 0.3) is 5.91 Å². The molecule has 1 aliphatic heterocycles. The third-order valence-corrected chi connectivity index (χ3v) is 6.67. The molecule has 4 N–H and O–H groups in total. The summed E-state index contributed by atoms with van der Waals surface area (Å²) in [6.07, 6.45) is -1.01. The van der Waals surface area contributed by atoms with Gasteiger partial charge in [-0.05, 0) is 49.5 Å². The van der Waals surface area contributed by atoms with Crippen LogP contribution in [0.5, 0.6) is 0 Å². The molecule has 2 aromatic heterocycles. The highest BCUT2D eigenvalue weighted by Gasteiger charge is 2.34. The van der Waals surface area contributed by atoms with Crippen LogP contribution < -0.4 is 21.1 Å². The van der Waals surface area contributed by atoms with Gasteiger partial charge in [0.2, 0.25) is 0 Å². The van der Waals surface area contributed by atoms with Crippen LogP contribution in [0.15, 0.2) is 10.1 Å². The molecule has 3 rings (SSSR count). The molecular formula is C20H27BrFN7O5S. The number of alkyl halides is 1. The average molecular weight is 576 g/mol. The molecule has 2 aromatic rings. The molecule has 2 atom stereocenters. The van der Waals surface area contributed by atoms with Crippen molar-refractivity contribution in [1.29, 1.82) is 0 Å². The maximum absolute atomic E-state index is 14.5. The van der Waals surface area contributed by atoms with Gasteiger partial charge in [-0.1, -0.05) is 11.3 Å². The monoisotopic (exact) mass is 575 g/mol. The minimum atomic E-state index is -1.37. The number of ether oxygens (including phenoxy) is 1. The lowest BCUT2D eigenvalue weighted by atomic mass is 10.1. The second-order valence-electron chi connectivity index (χ2n) is 8.93. The maximum atomic E-state index is 14.5. The van der Waals surface area contributed by atoms with Crippen LogP contribution in [0.1, 0.15) is 53.8 Å². The van der Waals surface area contributed by atoms with Gasteiger partial charge >= 0.3 is 12.1 Å². The Labute approximate surface area is 213 Å². The van der Waals surface area contributed by atoms with E-state index in [0.29, 0.717) is 16.3 Å². The summed E-state index contributed by atoms with van der Waals surface area (Å²) in [5.41, 5.74) is -0.739. The van der Waals surface area contributed by atoms with E-state index in [2.05, 4.69) is 31.3 Å². The van der Waals surface area contributed by atoms with Gasteiger partial charge in [-0.2, -0.15) is 5.10 Å². The topological polar surface area (TPSA) is 156 Å². The molecule has 2 unspecified atom stereocenters. The van der Waals surface area contributed by atoms with Crippen molar-refractivity contribution in [1.82, 2.24) is 20.1 Å². The predicted octanol–water partition coefficient (Wildman–Crippen LogP) is 2.69. The molecular weight excluding hydrogens is 549 g/mol. The molecule has 35 heavy (non-hydrogen) atoms. The van der Waals surface area contributed by atoms with Crippen molar-refractivity contribution in [3.63, 3.8) is 0 Å². The third kappa shape index (κ3) is 6.27. The molecule has 0 radical (unpaired) electrons. The number of nitrogens with zero attached hydrogens (tertiary/aromatic N) is 5. The summed E-state index contributed by atoms with van der Waals surface area (Å²) in [4.78, 5) is 42.9. The lowest BCUT2D eigenvalue weighted by molar-refractivity contribution is 0.00731. The van der Waals surface area contributed by atoms with Crippen molar-refractivity contribution in [2.75, 3.05) is 23.0 Å². The highest BCUT2D eigenvalue weighted by atomic mass is 79.9. The molecule has 1 saturated heterocycles. The standard InChI is InChI=1S/C20H27BrFN7O5S/c1-20(2,3)34-17(31)14-13(26-18(21)35-14)16(30)29(23)12-9-24-27(4)15(12)28-7-5-10(22)11(6-8-28)25-19(32)33/h9-11,25H,5-8,23H2,1-4H3,(H,32,33). The number of aryl methyl sites for hydroxylation is 1. The first-order chi connectivity index (χ1) is 16.3. The summed E-state index contributed by atoms with van der Waals surface area (Å²) >= 11 is 4.15. The Morgan fingerprint density at radius 2 is 2.00 bits per heavy atom. The van der Waals surface area contributed by atoms with Crippen LogP contribution in [0.25, 0.3) is 0 Å². The number of halogens is 2. The number of carboxylic acid groups (broad SMARTS) is 1. The number of esters is 1. The fourth-order valence-corrected chi connectivity index (χ4v) is 5.01. The number of thiazole rings is 1. The molecule has 1 aliphatic rings. The van der Waals surface area contributed by atoms with E-state index >= 15 is 0 Å².